The first kappa shape index (κ1) is 12.0. The van der Waals surface area contributed by atoms with Crippen LogP contribution < -0.4 is 0 Å². The van der Waals surface area contributed by atoms with Crippen LogP contribution in [-0.4, -0.2) is 13.4 Å². The monoisotopic (exact) mass is 424 g/mol. The van der Waals surface area contributed by atoms with Crippen molar-refractivity contribution in [3.8, 4) is 0 Å². The van der Waals surface area contributed by atoms with E-state index in [0.29, 0.717) is 13.4 Å². The zero-order valence-corrected chi connectivity index (χ0v) is 13.0. The third kappa shape index (κ3) is 3.97. The molecule has 72 valence electrons. The summed E-state index contributed by atoms with van der Waals surface area (Å²) in [7, 11) is 0. The van der Waals surface area contributed by atoms with Crippen LogP contribution in [0.15, 0.2) is 0 Å². The van der Waals surface area contributed by atoms with E-state index in [2.05, 4.69) is 63.7 Å². The summed E-state index contributed by atoms with van der Waals surface area (Å²) in [5.41, 5.74) is 0. The highest BCUT2D eigenvalue weighted by atomic mass is 79.9. The Morgan fingerprint density at radius 2 is 1.75 bits per heavy atom. The lowest BCUT2D eigenvalue weighted by molar-refractivity contribution is 0.369. The van der Waals surface area contributed by atoms with E-state index >= 15 is 0 Å². The Morgan fingerprint density at radius 1 is 1.08 bits per heavy atom. The van der Waals surface area contributed by atoms with Crippen molar-refractivity contribution in [2.45, 2.75) is 39.1 Å². The molecule has 0 bridgehead atoms. The van der Waals surface area contributed by atoms with Gasteiger partial charge in [-0.15, -0.1) is 0 Å². The minimum absolute atomic E-state index is 0.488. The van der Waals surface area contributed by atoms with Gasteiger partial charge < -0.3 is 0 Å². The van der Waals surface area contributed by atoms with Crippen LogP contribution in [0.25, 0.3) is 0 Å². The molecule has 3 atom stereocenters. The Balaban J connectivity index is 2.30. The molecule has 1 aliphatic carbocycles. The molecule has 0 radical (unpaired) electrons. The van der Waals surface area contributed by atoms with Crippen molar-refractivity contribution in [1.29, 1.82) is 0 Å². The van der Waals surface area contributed by atoms with Crippen molar-refractivity contribution in [2.75, 3.05) is 0 Å². The minimum Gasteiger partial charge on any atom is -0.0879 e. The maximum absolute atomic E-state index is 3.71. The van der Waals surface area contributed by atoms with E-state index in [1.807, 2.05) is 0 Å². The van der Waals surface area contributed by atoms with Crippen LogP contribution in [0, 0.1) is 5.92 Å². The molecule has 3 unspecified atom stereocenters. The van der Waals surface area contributed by atoms with Crippen molar-refractivity contribution >= 4 is 63.7 Å². The summed E-state index contributed by atoms with van der Waals surface area (Å²) in [5, 5.41) is 0. The van der Waals surface area contributed by atoms with Gasteiger partial charge in [0.25, 0.3) is 0 Å². The molecule has 0 saturated heterocycles. The van der Waals surface area contributed by atoms with Crippen LogP contribution in [0.5, 0.6) is 0 Å². The molecule has 4 heteroatoms. The van der Waals surface area contributed by atoms with E-state index in [4.69, 9.17) is 0 Å². The van der Waals surface area contributed by atoms with Crippen LogP contribution in [-0.2, 0) is 0 Å². The molecule has 1 saturated carbocycles. The predicted molar refractivity (Wildman–Crippen MR) is 69.0 cm³/mol. The lowest BCUT2D eigenvalue weighted by Crippen LogP contribution is -2.25. The van der Waals surface area contributed by atoms with E-state index in [9.17, 15) is 0 Å². The molecule has 0 amide bonds. The fraction of sp³-hybridized carbons (Fsp3) is 1.00. The second kappa shape index (κ2) is 5.72. The molecule has 0 heterocycles. The van der Waals surface area contributed by atoms with Gasteiger partial charge in [0, 0.05) is 9.65 Å². The van der Waals surface area contributed by atoms with Crippen molar-refractivity contribution in [1.82, 2.24) is 0 Å². The molecule has 1 fully saturated rings. The number of alkyl halides is 4. The first-order valence-electron chi connectivity index (χ1n) is 4.16. The predicted octanol–water partition coefficient (Wildman–Crippen LogP) is 4.82. The summed E-state index contributed by atoms with van der Waals surface area (Å²) in [5.74, 6) is 0.868. The summed E-state index contributed by atoms with van der Waals surface area (Å²) in [4.78, 5) is 1.34. The van der Waals surface area contributed by atoms with Crippen molar-refractivity contribution in [3.63, 3.8) is 0 Å². The Kier molecular flexibility index (Phi) is 5.71. The highest BCUT2D eigenvalue weighted by Gasteiger charge is 2.27. The first-order valence-corrected chi connectivity index (χ1v) is 7.82. The average molecular weight is 428 g/mol. The van der Waals surface area contributed by atoms with E-state index in [0.717, 1.165) is 5.92 Å². The molecule has 0 N–H and O–H groups in total. The topological polar surface area (TPSA) is 0 Å². The average Bonchev–Trinajstić information content (AvgIpc) is 1.96. The fourth-order valence-corrected chi connectivity index (χ4v) is 3.96. The van der Waals surface area contributed by atoms with Crippen molar-refractivity contribution < 1.29 is 0 Å². The van der Waals surface area contributed by atoms with Crippen molar-refractivity contribution in [2.24, 2.45) is 5.92 Å². The van der Waals surface area contributed by atoms with Gasteiger partial charge in [-0.05, 0) is 31.6 Å². The zero-order valence-electron chi connectivity index (χ0n) is 6.65. The second-order valence-corrected chi connectivity index (χ2v) is 9.13. The Morgan fingerprint density at radius 3 is 2.25 bits per heavy atom. The van der Waals surface area contributed by atoms with E-state index < -0.39 is 0 Å². The van der Waals surface area contributed by atoms with Gasteiger partial charge in [-0.3, -0.25) is 0 Å². The largest absolute Gasteiger partial charge is 0.0879 e. The normalized spacial score (nSPS) is 37.2. The maximum atomic E-state index is 3.71. The molecule has 1 rings (SSSR count). The third-order valence-electron chi connectivity index (χ3n) is 2.31. The quantitative estimate of drug-likeness (QED) is 0.554. The molecule has 0 aromatic heterocycles. The Bertz CT molecular complexity index is 137. The maximum Gasteiger partial charge on any atom is 0.0700 e. The smallest absolute Gasteiger partial charge is 0.0700 e. The molecule has 0 aromatic carbocycles. The van der Waals surface area contributed by atoms with Crippen LogP contribution in [0.4, 0.5) is 0 Å². The number of rotatable bonds is 2. The van der Waals surface area contributed by atoms with Gasteiger partial charge in [0.1, 0.15) is 0 Å². The molecular weight excluding hydrogens is 416 g/mol. The first-order chi connectivity index (χ1) is 5.59. The minimum atomic E-state index is 0.488. The van der Waals surface area contributed by atoms with Crippen LogP contribution in [0.1, 0.15) is 25.7 Å². The van der Waals surface area contributed by atoms with E-state index in [1.165, 1.54) is 25.7 Å². The number of hydrogen-bond acceptors (Lipinski definition) is 0. The van der Waals surface area contributed by atoms with Crippen LogP contribution in [0.3, 0.4) is 0 Å². The molecule has 1 aliphatic rings. The summed E-state index contributed by atoms with van der Waals surface area (Å²) < 4.78 is 0.488. The standard InChI is InChI=1S/C8H12Br4/c9-6-2-1-5(3-7(6)10)4-8(11)12/h5-8H,1-4H2. The third-order valence-corrected chi connectivity index (χ3v) is 5.88. The van der Waals surface area contributed by atoms with Gasteiger partial charge in [0.05, 0.1) is 3.74 Å². The Labute approximate surface area is 108 Å². The van der Waals surface area contributed by atoms with E-state index in [-0.39, 0.29) is 0 Å². The van der Waals surface area contributed by atoms with Gasteiger partial charge in [-0.2, -0.15) is 0 Å². The second-order valence-electron chi connectivity index (χ2n) is 3.34. The van der Waals surface area contributed by atoms with Crippen LogP contribution >= 0.6 is 63.7 Å². The van der Waals surface area contributed by atoms with Crippen LogP contribution in [0.2, 0.25) is 0 Å². The van der Waals surface area contributed by atoms with Gasteiger partial charge in [0.15, 0.2) is 0 Å². The van der Waals surface area contributed by atoms with Gasteiger partial charge >= 0.3 is 0 Å². The number of hydrogen-bond donors (Lipinski definition) is 0. The Hall–Kier alpha value is 1.92. The molecule has 0 spiro atoms. The summed E-state index contributed by atoms with van der Waals surface area (Å²) in [6.45, 7) is 0. The lowest BCUT2D eigenvalue weighted by atomic mass is 9.87. The molecule has 0 nitrogen and oxygen atoms in total. The van der Waals surface area contributed by atoms with Gasteiger partial charge in [0.2, 0.25) is 0 Å². The number of halogens is 4. The SMILES string of the molecule is BrC(Br)CC1CCC(Br)C(Br)C1. The highest BCUT2D eigenvalue weighted by Crippen LogP contribution is 2.37. The highest BCUT2D eigenvalue weighted by molar-refractivity contribution is 9.24. The van der Waals surface area contributed by atoms with Crippen molar-refractivity contribution in [3.05, 3.63) is 0 Å². The van der Waals surface area contributed by atoms with Gasteiger partial charge in [-0.25, -0.2) is 0 Å². The van der Waals surface area contributed by atoms with Gasteiger partial charge in [-0.1, -0.05) is 63.7 Å². The van der Waals surface area contributed by atoms with E-state index in [1.54, 1.807) is 0 Å². The molecule has 0 aromatic rings. The molecule has 0 aliphatic heterocycles. The molecule has 12 heavy (non-hydrogen) atoms. The zero-order chi connectivity index (χ0) is 9.14. The summed E-state index contributed by atoms with van der Waals surface area (Å²) >= 11 is 14.5. The fourth-order valence-electron chi connectivity index (χ4n) is 1.63. The lowest BCUT2D eigenvalue weighted by Gasteiger charge is -2.30. The summed E-state index contributed by atoms with van der Waals surface area (Å²) in [6.07, 6.45) is 5.18. The summed E-state index contributed by atoms with van der Waals surface area (Å²) in [6, 6.07) is 0. The molecular formula is C8H12Br4.